The van der Waals surface area contributed by atoms with Crippen LogP contribution in [0.25, 0.3) is 0 Å². The molecule has 0 saturated carbocycles. The summed E-state index contributed by atoms with van der Waals surface area (Å²) in [5.41, 5.74) is -1.07. The molecule has 0 bridgehead atoms. The molecular weight excluding hydrogens is 248 g/mol. The first-order valence-electron chi connectivity index (χ1n) is 6.21. The van der Waals surface area contributed by atoms with Crippen molar-refractivity contribution in [2.24, 2.45) is 0 Å². The smallest absolute Gasteiger partial charge is 0.329 e. The lowest BCUT2D eigenvalue weighted by molar-refractivity contribution is -0.148. The maximum atomic E-state index is 12.4. The zero-order chi connectivity index (χ0) is 14.0. The third-order valence-corrected chi connectivity index (χ3v) is 3.75. The molecule has 1 aromatic heterocycles. The summed E-state index contributed by atoms with van der Waals surface area (Å²) in [4.78, 5) is 29.0. The molecule has 2 heterocycles. The summed E-state index contributed by atoms with van der Waals surface area (Å²) in [6.07, 6.45) is 4.02. The van der Waals surface area contributed by atoms with E-state index in [2.05, 4.69) is 4.98 Å². The first-order chi connectivity index (χ1) is 9.03. The van der Waals surface area contributed by atoms with E-state index >= 15 is 0 Å². The predicted octanol–water partition coefficient (Wildman–Crippen LogP) is 1.26. The van der Waals surface area contributed by atoms with E-state index < -0.39 is 17.4 Å². The lowest BCUT2D eigenvalue weighted by Gasteiger charge is -2.34. The lowest BCUT2D eigenvalue weighted by Crippen LogP contribution is -2.52. The third kappa shape index (κ3) is 2.03. The number of hydrogen-bond acceptors (Lipinski definition) is 4. The second-order valence-corrected chi connectivity index (χ2v) is 4.64. The van der Waals surface area contributed by atoms with Gasteiger partial charge in [-0.05, 0) is 25.3 Å². The monoisotopic (exact) mass is 264 g/mol. The largest absolute Gasteiger partial charge is 0.505 e. The number of carbonyl (C=O) groups is 2. The number of carboxylic acid groups (broad SMARTS) is 1. The van der Waals surface area contributed by atoms with Crippen LogP contribution in [0.5, 0.6) is 5.75 Å². The molecule has 1 unspecified atom stereocenters. The number of amides is 1. The van der Waals surface area contributed by atoms with E-state index in [4.69, 9.17) is 0 Å². The Hall–Kier alpha value is -2.11. The lowest BCUT2D eigenvalue weighted by atomic mass is 9.92. The molecule has 2 rings (SSSR count). The Kier molecular flexibility index (Phi) is 3.42. The minimum absolute atomic E-state index is 0.0935. The maximum Gasteiger partial charge on any atom is 0.329 e. The van der Waals surface area contributed by atoms with Crippen LogP contribution in [0.4, 0.5) is 0 Å². The maximum absolute atomic E-state index is 12.4. The molecule has 0 radical (unpaired) electrons. The van der Waals surface area contributed by atoms with Crippen molar-refractivity contribution in [2.45, 2.75) is 31.7 Å². The quantitative estimate of drug-likeness (QED) is 0.857. The Bertz CT molecular complexity index is 517. The van der Waals surface area contributed by atoms with Crippen molar-refractivity contribution >= 4 is 11.9 Å². The van der Waals surface area contributed by atoms with Gasteiger partial charge in [-0.3, -0.25) is 9.78 Å². The molecule has 1 aromatic rings. The summed E-state index contributed by atoms with van der Waals surface area (Å²) in [5.74, 6) is -1.68. The molecule has 0 aromatic carbocycles. The fraction of sp³-hybridized carbons (Fsp3) is 0.462. The summed E-state index contributed by atoms with van der Waals surface area (Å²) in [6.45, 7) is 2.15. The molecule has 0 aliphatic carbocycles. The van der Waals surface area contributed by atoms with Gasteiger partial charge in [0.1, 0.15) is 11.3 Å². The standard InChI is InChI=1S/C13H16N2O4/c1-2-13(12(18)19)5-3-7-15(13)11(17)9-4-6-14-8-10(9)16/h4,6,8,16H,2-3,5,7H2,1H3,(H,18,19). The van der Waals surface area contributed by atoms with Gasteiger partial charge in [-0.25, -0.2) is 4.79 Å². The van der Waals surface area contributed by atoms with Crippen LogP contribution in [0, 0.1) is 0 Å². The number of nitrogens with zero attached hydrogens (tertiary/aromatic N) is 2. The second-order valence-electron chi connectivity index (χ2n) is 4.64. The van der Waals surface area contributed by atoms with Crippen molar-refractivity contribution in [3.8, 4) is 5.75 Å². The first-order valence-corrected chi connectivity index (χ1v) is 6.21. The summed E-state index contributed by atoms with van der Waals surface area (Å²) in [6, 6.07) is 1.40. The molecular formula is C13H16N2O4. The van der Waals surface area contributed by atoms with Gasteiger partial charge in [0.15, 0.2) is 0 Å². The highest BCUT2D eigenvalue weighted by atomic mass is 16.4. The highest BCUT2D eigenvalue weighted by Gasteiger charge is 2.48. The SMILES string of the molecule is CCC1(C(=O)O)CCCN1C(=O)c1ccncc1O. The number of aromatic hydroxyl groups is 1. The molecule has 1 amide bonds. The third-order valence-electron chi connectivity index (χ3n) is 3.75. The minimum atomic E-state index is -1.16. The minimum Gasteiger partial charge on any atom is -0.505 e. The molecule has 19 heavy (non-hydrogen) atoms. The molecule has 1 aliphatic heterocycles. The number of aromatic nitrogens is 1. The van der Waals surface area contributed by atoms with Crippen molar-refractivity contribution in [3.05, 3.63) is 24.0 Å². The van der Waals surface area contributed by atoms with E-state index in [0.29, 0.717) is 25.8 Å². The zero-order valence-corrected chi connectivity index (χ0v) is 10.7. The number of aliphatic carboxylic acids is 1. The number of hydrogen-bond donors (Lipinski definition) is 2. The van der Waals surface area contributed by atoms with Gasteiger partial charge < -0.3 is 15.1 Å². The average molecular weight is 264 g/mol. The van der Waals surface area contributed by atoms with Crippen molar-refractivity contribution in [1.29, 1.82) is 0 Å². The average Bonchev–Trinajstić information content (AvgIpc) is 2.83. The van der Waals surface area contributed by atoms with Crippen molar-refractivity contribution in [2.75, 3.05) is 6.54 Å². The first kappa shape index (κ1) is 13.3. The summed E-state index contributed by atoms with van der Waals surface area (Å²) >= 11 is 0. The Morgan fingerprint density at radius 1 is 1.53 bits per heavy atom. The Morgan fingerprint density at radius 2 is 2.26 bits per heavy atom. The van der Waals surface area contributed by atoms with E-state index in [0.717, 1.165) is 0 Å². The van der Waals surface area contributed by atoms with Gasteiger partial charge in [0.05, 0.1) is 11.8 Å². The molecule has 1 fully saturated rings. The molecule has 102 valence electrons. The highest BCUT2D eigenvalue weighted by molar-refractivity contribution is 6.00. The van der Waals surface area contributed by atoms with E-state index in [-0.39, 0.29) is 11.3 Å². The van der Waals surface area contributed by atoms with Gasteiger partial charge in [-0.1, -0.05) is 6.92 Å². The van der Waals surface area contributed by atoms with Gasteiger partial charge in [0.2, 0.25) is 0 Å². The number of pyridine rings is 1. The van der Waals surface area contributed by atoms with Gasteiger partial charge in [0, 0.05) is 12.7 Å². The topological polar surface area (TPSA) is 90.7 Å². The Labute approximate surface area is 110 Å². The number of rotatable bonds is 3. The molecule has 6 nitrogen and oxygen atoms in total. The molecule has 6 heteroatoms. The van der Waals surface area contributed by atoms with Crippen molar-refractivity contribution in [1.82, 2.24) is 9.88 Å². The van der Waals surface area contributed by atoms with Crippen LogP contribution in [0.3, 0.4) is 0 Å². The fourth-order valence-electron chi connectivity index (χ4n) is 2.63. The molecule has 0 spiro atoms. The van der Waals surface area contributed by atoms with Crippen molar-refractivity contribution in [3.63, 3.8) is 0 Å². The van der Waals surface area contributed by atoms with E-state index in [1.165, 1.54) is 23.4 Å². The number of likely N-dealkylation sites (tertiary alicyclic amines) is 1. The van der Waals surface area contributed by atoms with Crippen LogP contribution in [0.1, 0.15) is 36.5 Å². The van der Waals surface area contributed by atoms with Gasteiger partial charge >= 0.3 is 5.97 Å². The van der Waals surface area contributed by atoms with E-state index in [1.807, 2.05) is 0 Å². The molecule has 1 aliphatic rings. The van der Waals surface area contributed by atoms with Crippen LogP contribution < -0.4 is 0 Å². The zero-order valence-electron chi connectivity index (χ0n) is 10.7. The highest BCUT2D eigenvalue weighted by Crippen LogP contribution is 2.35. The van der Waals surface area contributed by atoms with Crippen LogP contribution in [0.15, 0.2) is 18.5 Å². The van der Waals surface area contributed by atoms with Gasteiger partial charge in [-0.15, -0.1) is 0 Å². The Morgan fingerprint density at radius 3 is 2.84 bits per heavy atom. The van der Waals surface area contributed by atoms with Crippen LogP contribution in [-0.2, 0) is 4.79 Å². The molecule has 1 saturated heterocycles. The second kappa shape index (κ2) is 4.87. The van der Waals surface area contributed by atoms with Gasteiger partial charge in [0.25, 0.3) is 5.91 Å². The summed E-state index contributed by atoms with van der Waals surface area (Å²) < 4.78 is 0. The summed E-state index contributed by atoms with van der Waals surface area (Å²) in [7, 11) is 0. The van der Waals surface area contributed by atoms with Crippen molar-refractivity contribution < 1.29 is 19.8 Å². The van der Waals surface area contributed by atoms with E-state index in [1.54, 1.807) is 6.92 Å². The molecule has 2 N–H and O–H groups in total. The van der Waals surface area contributed by atoms with Gasteiger partial charge in [-0.2, -0.15) is 0 Å². The Balaban J connectivity index is 2.38. The van der Waals surface area contributed by atoms with Crippen LogP contribution in [0.2, 0.25) is 0 Å². The summed E-state index contributed by atoms with van der Waals surface area (Å²) in [5, 5.41) is 19.1. The van der Waals surface area contributed by atoms with Crippen LogP contribution in [-0.4, -0.2) is 44.1 Å². The van der Waals surface area contributed by atoms with Crippen LogP contribution >= 0.6 is 0 Å². The number of carbonyl (C=O) groups excluding carboxylic acids is 1. The van der Waals surface area contributed by atoms with E-state index in [9.17, 15) is 19.8 Å². The normalized spacial score (nSPS) is 22.5. The number of carboxylic acids is 1. The fourth-order valence-corrected chi connectivity index (χ4v) is 2.63. The molecule has 1 atom stereocenters. The predicted molar refractivity (Wildman–Crippen MR) is 66.8 cm³/mol.